The maximum absolute atomic E-state index is 14.0. The van der Waals surface area contributed by atoms with Gasteiger partial charge in [-0.1, -0.05) is 53.0 Å². The molecule has 0 aliphatic carbocycles. The fraction of sp³-hybridized carbons (Fsp3) is 0.200. The van der Waals surface area contributed by atoms with Gasteiger partial charge in [0, 0.05) is 24.0 Å². The molecule has 0 saturated carbocycles. The first-order chi connectivity index (χ1) is 13.6. The summed E-state index contributed by atoms with van der Waals surface area (Å²) in [7, 11) is 0. The Bertz CT molecular complexity index is 919. The number of nitrogens with zero attached hydrogens (tertiary/aromatic N) is 3. The van der Waals surface area contributed by atoms with Gasteiger partial charge in [0.1, 0.15) is 12.4 Å². The van der Waals surface area contributed by atoms with Crippen LogP contribution in [0.1, 0.15) is 21.6 Å². The Morgan fingerprint density at radius 2 is 1.82 bits per heavy atom. The van der Waals surface area contributed by atoms with Crippen molar-refractivity contribution in [1.82, 2.24) is 19.8 Å². The fourth-order valence-corrected chi connectivity index (χ4v) is 3.10. The van der Waals surface area contributed by atoms with Crippen molar-refractivity contribution in [2.75, 3.05) is 13.1 Å². The van der Waals surface area contributed by atoms with Gasteiger partial charge in [-0.05, 0) is 29.6 Å². The molecule has 8 heteroatoms. The molecule has 6 nitrogen and oxygen atoms in total. The summed E-state index contributed by atoms with van der Waals surface area (Å²) >= 11 is 1.04. The standard InChI is InChI=1S/C20H19FN4O2S/c21-17-9-5-4-8-16(17)12-25(20(27)18-14-28-24-23-18)13-19(26)22-11-10-15-6-2-1-3-7-15/h1-9,14H,10-13H2,(H,22,26). The number of halogens is 1. The third-order valence-electron chi connectivity index (χ3n) is 4.10. The Morgan fingerprint density at radius 3 is 2.54 bits per heavy atom. The van der Waals surface area contributed by atoms with Crippen LogP contribution in [-0.4, -0.2) is 39.4 Å². The molecule has 1 aromatic heterocycles. The molecule has 0 bridgehead atoms. The van der Waals surface area contributed by atoms with E-state index in [9.17, 15) is 14.0 Å². The lowest BCUT2D eigenvalue weighted by molar-refractivity contribution is -0.121. The second kappa shape index (κ2) is 9.70. The lowest BCUT2D eigenvalue weighted by Gasteiger charge is -2.21. The van der Waals surface area contributed by atoms with Gasteiger partial charge < -0.3 is 10.2 Å². The zero-order valence-corrected chi connectivity index (χ0v) is 15.9. The van der Waals surface area contributed by atoms with Gasteiger partial charge in [-0.15, -0.1) is 5.10 Å². The van der Waals surface area contributed by atoms with E-state index in [0.29, 0.717) is 18.5 Å². The van der Waals surface area contributed by atoms with Crippen molar-refractivity contribution in [1.29, 1.82) is 0 Å². The van der Waals surface area contributed by atoms with Crippen LogP contribution in [0.5, 0.6) is 0 Å². The van der Waals surface area contributed by atoms with Crippen molar-refractivity contribution in [3.8, 4) is 0 Å². The average molecular weight is 398 g/mol. The minimum Gasteiger partial charge on any atom is -0.354 e. The SMILES string of the molecule is O=C(CN(Cc1ccccc1F)C(=O)c1csnn1)NCCc1ccccc1. The molecule has 0 fully saturated rings. The Kier molecular flexibility index (Phi) is 6.80. The number of hydrogen-bond acceptors (Lipinski definition) is 5. The first-order valence-electron chi connectivity index (χ1n) is 8.74. The third kappa shape index (κ3) is 5.43. The quantitative estimate of drug-likeness (QED) is 0.633. The van der Waals surface area contributed by atoms with Gasteiger partial charge in [0.15, 0.2) is 5.69 Å². The molecule has 0 radical (unpaired) electrons. The highest BCUT2D eigenvalue weighted by molar-refractivity contribution is 7.03. The fourth-order valence-electron chi connectivity index (χ4n) is 2.67. The Balaban J connectivity index is 1.63. The highest BCUT2D eigenvalue weighted by Gasteiger charge is 2.22. The molecule has 2 amide bonds. The van der Waals surface area contributed by atoms with Gasteiger partial charge in [-0.3, -0.25) is 9.59 Å². The number of carbonyl (C=O) groups is 2. The Hall–Kier alpha value is -3.13. The lowest BCUT2D eigenvalue weighted by atomic mass is 10.1. The zero-order valence-electron chi connectivity index (χ0n) is 15.0. The molecular formula is C20H19FN4O2S. The summed E-state index contributed by atoms with van der Waals surface area (Å²) in [6, 6.07) is 15.9. The predicted molar refractivity (Wildman–Crippen MR) is 104 cm³/mol. The Morgan fingerprint density at radius 1 is 1.07 bits per heavy atom. The number of carbonyl (C=O) groups excluding carboxylic acids is 2. The second-order valence-corrected chi connectivity index (χ2v) is 6.74. The van der Waals surface area contributed by atoms with Crippen LogP contribution in [0.3, 0.4) is 0 Å². The number of rotatable bonds is 8. The third-order valence-corrected chi connectivity index (χ3v) is 4.60. The molecule has 3 rings (SSSR count). The van der Waals surface area contributed by atoms with Gasteiger partial charge >= 0.3 is 0 Å². The summed E-state index contributed by atoms with van der Waals surface area (Å²) in [6.45, 7) is 0.220. The molecule has 0 saturated heterocycles. The first kappa shape index (κ1) is 19.6. The smallest absolute Gasteiger partial charge is 0.276 e. The number of hydrogen-bond donors (Lipinski definition) is 1. The van der Waals surface area contributed by atoms with E-state index in [0.717, 1.165) is 17.1 Å². The highest BCUT2D eigenvalue weighted by atomic mass is 32.1. The van der Waals surface area contributed by atoms with Gasteiger partial charge in [-0.25, -0.2) is 4.39 Å². The van der Waals surface area contributed by atoms with Crippen LogP contribution >= 0.6 is 11.5 Å². The topological polar surface area (TPSA) is 75.2 Å². The number of amides is 2. The van der Waals surface area contributed by atoms with Crippen molar-refractivity contribution in [3.63, 3.8) is 0 Å². The number of nitrogens with one attached hydrogen (secondary N) is 1. The molecule has 0 unspecified atom stereocenters. The highest BCUT2D eigenvalue weighted by Crippen LogP contribution is 2.12. The predicted octanol–water partition coefficient (Wildman–Crippen LogP) is 2.68. The molecule has 2 aromatic carbocycles. The molecule has 0 spiro atoms. The number of aromatic nitrogens is 2. The maximum Gasteiger partial charge on any atom is 0.276 e. The van der Waals surface area contributed by atoms with Crippen LogP contribution in [-0.2, 0) is 17.8 Å². The van der Waals surface area contributed by atoms with Crippen molar-refractivity contribution < 1.29 is 14.0 Å². The Labute approximate surface area is 166 Å². The summed E-state index contributed by atoms with van der Waals surface area (Å²) < 4.78 is 17.7. The van der Waals surface area contributed by atoms with E-state index in [1.165, 1.54) is 16.3 Å². The van der Waals surface area contributed by atoms with Crippen LogP contribution in [0.25, 0.3) is 0 Å². The summed E-state index contributed by atoms with van der Waals surface area (Å²) in [5.74, 6) is -1.21. The van der Waals surface area contributed by atoms with Crippen molar-refractivity contribution in [3.05, 3.63) is 82.6 Å². The summed E-state index contributed by atoms with van der Waals surface area (Å²) in [5.41, 5.74) is 1.57. The van der Waals surface area contributed by atoms with Crippen LogP contribution in [0.4, 0.5) is 4.39 Å². The van der Waals surface area contributed by atoms with Crippen molar-refractivity contribution in [2.24, 2.45) is 0 Å². The minimum atomic E-state index is -0.463. The van der Waals surface area contributed by atoms with E-state index in [2.05, 4.69) is 14.9 Å². The minimum absolute atomic E-state index is 0.0326. The van der Waals surface area contributed by atoms with Crippen LogP contribution in [0.15, 0.2) is 60.0 Å². The average Bonchev–Trinajstić information content (AvgIpc) is 3.24. The summed E-state index contributed by atoms with van der Waals surface area (Å²) in [5, 5.41) is 8.07. The lowest BCUT2D eigenvalue weighted by Crippen LogP contribution is -2.41. The summed E-state index contributed by atoms with van der Waals surface area (Å²) in [4.78, 5) is 26.3. The molecule has 3 aromatic rings. The van der Waals surface area contributed by atoms with Crippen LogP contribution in [0.2, 0.25) is 0 Å². The monoisotopic (exact) mass is 398 g/mol. The van der Waals surface area contributed by atoms with Gasteiger partial charge in [-0.2, -0.15) is 0 Å². The molecule has 0 atom stereocenters. The molecule has 144 valence electrons. The van der Waals surface area contributed by atoms with E-state index >= 15 is 0 Å². The largest absolute Gasteiger partial charge is 0.354 e. The molecule has 0 aliphatic heterocycles. The molecule has 0 aliphatic rings. The van der Waals surface area contributed by atoms with Gasteiger partial charge in [0.2, 0.25) is 5.91 Å². The van der Waals surface area contributed by atoms with E-state index in [1.54, 1.807) is 18.2 Å². The second-order valence-electron chi connectivity index (χ2n) is 6.13. The molecular weight excluding hydrogens is 379 g/mol. The van der Waals surface area contributed by atoms with Crippen LogP contribution in [0, 0.1) is 5.82 Å². The van der Waals surface area contributed by atoms with Crippen molar-refractivity contribution >= 4 is 23.3 Å². The normalized spacial score (nSPS) is 10.5. The maximum atomic E-state index is 14.0. The van der Waals surface area contributed by atoms with E-state index < -0.39 is 11.7 Å². The molecule has 28 heavy (non-hydrogen) atoms. The van der Waals surface area contributed by atoms with Crippen molar-refractivity contribution in [2.45, 2.75) is 13.0 Å². The van der Waals surface area contributed by atoms with Crippen LogP contribution < -0.4 is 5.32 Å². The van der Waals surface area contributed by atoms with E-state index in [-0.39, 0.29) is 24.7 Å². The van der Waals surface area contributed by atoms with Gasteiger partial charge in [0.05, 0.1) is 0 Å². The first-order valence-corrected chi connectivity index (χ1v) is 9.57. The van der Waals surface area contributed by atoms with E-state index in [1.807, 2.05) is 30.3 Å². The zero-order chi connectivity index (χ0) is 19.8. The molecule has 1 N–H and O–H groups in total. The van der Waals surface area contributed by atoms with Gasteiger partial charge in [0.25, 0.3) is 5.91 Å². The molecule has 1 heterocycles. The van der Waals surface area contributed by atoms with E-state index in [4.69, 9.17) is 0 Å². The number of benzene rings is 2. The summed E-state index contributed by atoms with van der Waals surface area (Å²) in [6.07, 6.45) is 0.684.